The van der Waals surface area contributed by atoms with Gasteiger partial charge >= 0.3 is 0 Å². The molecule has 1 N–H and O–H groups in total. The fraction of sp³-hybridized carbons (Fsp3) is 0.615. The summed E-state index contributed by atoms with van der Waals surface area (Å²) in [4.78, 5) is 13.2. The predicted octanol–water partition coefficient (Wildman–Crippen LogP) is 2.45. The van der Waals surface area contributed by atoms with Gasteiger partial charge in [0.1, 0.15) is 0 Å². The molecule has 0 aromatic carbocycles. The van der Waals surface area contributed by atoms with Crippen LogP contribution in [0.15, 0.2) is 17.5 Å². The molecule has 2 nitrogen and oxygen atoms in total. The number of carbonyl (C=O) groups excluding carboxylic acids is 1. The van der Waals surface area contributed by atoms with Gasteiger partial charge < -0.3 is 5.32 Å². The minimum atomic E-state index is 0.295. The van der Waals surface area contributed by atoms with E-state index in [1.807, 2.05) is 0 Å². The van der Waals surface area contributed by atoms with Crippen LogP contribution in [0.1, 0.15) is 24.1 Å². The molecule has 0 bridgehead atoms. The molecule has 1 heterocycles. The summed E-state index contributed by atoms with van der Waals surface area (Å²) in [5.74, 6) is 2.41. The number of hydrogen-bond donors (Lipinski definition) is 1. The van der Waals surface area contributed by atoms with Crippen LogP contribution < -0.4 is 5.32 Å². The Hall–Kier alpha value is -0.830. The molecule has 0 radical (unpaired) electrons. The molecule has 0 spiro atoms. The number of rotatable bonds is 4. The van der Waals surface area contributed by atoms with E-state index in [0.29, 0.717) is 11.8 Å². The van der Waals surface area contributed by atoms with Gasteiger partial charge in [0, 0.05) is 17.3 Å². The third kappa shape index (κ3) is 2.14. The van der Waals surface area contributed by atoms with E-state index in [-0.39, 0.29) is 0 Å². The van der Waals surface area contributed by atoms with E-state index in [0.717, 1.165) is 37.6 Å². The first-order valence-electron chi connectivity index (χ1n) is 6.13. The SMILES string of the molecule is O=C(NCCc1cccs1)C1CC2CC2C1. The van der Waals surface area contributed by atoms with Crippen LogP contribution in [0.25, 0.3) is 0 Å². The van der Waals surface area contributed by atoms with Crippen LogP contribution in [0, 0.1) is 17.8 Å². The first kappa shape index (κ1) is 10.3. The number of carbonyl (C=O) groups is 1. The molecule has 1 aromatic rings. The molecule has 2 atom stereocenters. The van der Waals surface area contributed by atoms with Crippen molar-refractivity contribution in [1.82, 2.24) is 5.32 Å². The minimum absolute atomic E-state index is 0.295. The minimum Gasteiger partial charge on any atom is -0.356 e. The summed E-state index contributed by atoms with van der Waals surface area (Å²) in [5.41, 5.74) is 0. The van der Waals surface area contributed by atoms with E-state index in [1.54, 1.807) is 11.3 Å². The highest BCUT2D eigenvalue weighted by Gasteiger charge is 2.47. The molecule has 86 valence electrons. The molecule has 2 unspecified atom stereocenters. The summed E-state index contributed by atoms with van der Waals surface area (Å²) in [7, 11) is 0. The van der Waals surface area contributed by atoms with Crippen molar-refractivity contribution in [3.63, 3.8) is 0 Å². The topological polar surface area (TPSA) is 29.1 Å². The maximum absolute atomic E-state index is 11.8. The fourth-order valence-electron chi connectivity index (χ4n) is 2.84. The van der Waals surface area contributed by atoms with Gasteiger partial charge in [-0.05, 0) is 49.0 Å². The number of nitrogens with one attached hydrogen (secondary N) is 1. The van der Waals surface area contributed by atoms with E-state index < -0.39 is 0 Å². The lowest BCUT2D eigenvalue weighted by Gasteiger charge is -2.11. The second-order valence-corrected chi connectivity index (χ2v) is 6.08. The average Bonchev–Trinajstić information content (AvgIpc) is 2.72. The zero-order valence-corrected chi connectivity index (χ0v) is 10.1. The zero-order chi connectivity index (χ0) is 11.0. The van der Waals surface area contributed by atoms with Crippen molar-refractivity contribution in [3.05, 3.63) is 22.4 Å². The van der Waals surface area contributed by atoms with Gasteiger partial charge in [0.05, 0.1) is 0 Å². The van der Waals surface area contributed by atoms with Crippen LogP contribution in [0.2, 0.25) is 0 Å². The Morgan fingerprint density at radius 1 is 1.38 bits per heavy atom. The Kier molecular flexibility index (Phi) is 2.72. The lowest BCUT2D eigenvalue weighted by Crippen LogP contribution is -2.31. The monoisotopic (exact) mass is 235 g/mol. The van der Waals surface area contributed by atoms with Gasteiger partial charge in [-0.1, -0.05) is 6.07 Å². The van der Waals surface area contributed by atoms with Crippen LogP contribution in [-0.4, -0.2) is 12.5 Å². The second-order valence-electron chi connectivity index (χ2n) is 5.04. The summed E-state index contributed by atoms with van der Waals surface area (Å²) in [6.07, 6.45) is 4.66. The first-order valence-corrected chi connectivity index (χ1v) is 7.01. The van der Waals surface area contributed by atoms with Crippen LogP contribution >= 0.6 is 11.3 Å². The molecule has 0 saturated heterocycles. The number of fused-ring (bicyclic) bond motifs is 1. The van der Waals surface area contributed by atoms with E-state index in [4.69, 9.17) is 0 Å². The Balaban J connectivity index is 1.40. The van der Waals surface area contributed by atoms with Crippen molar-refractivity contribution in [3.8, 4) is 0 Å². The number of thiophene rings is 1. The normalized spacial score (nSPS) is 31.1. The lowest BCUT2D eigenvalue weighted by molar-refractivity contribution is -0.125. The molecular weight excluding hydrogens is 218 g/mol. The second kappa shape index (κ2) is 4.21. The molecule has 2 fully saturated rings. The Morgan fingerprint density at radius 2 is 2.19 bits per heavy atom. The van der Waals surface area contributed by atoms with E-state index in [2.05, 4.69) is 22.8 Å². The van der Waals surface area contributed by atoms with Gasteiger partial charge in [0.25, 0.3) is 0 Å². The van der Waals surface area contributed by atoms with Crippen molar-refractivity contribution in [2.24, 2.45) is 17.8 Å². The van der Waals surface area contributed by atoms with Gasteiger partial charge in [-0.2, -0.15) is 0 Å². The first-order chi connectivity index (χ1) is 7.83. The van der Waals surface area contributed by atoms with Crippen LogP contribution in [0.4, 0.5) is 0 Å². The van der Waals surface area contributed by atoms with E-state index >= 15 is 0 Å². The number of amides is 1. The highest BCUT2D eigenvalue weighted by Crippen LogP contribution is 2.54. The summed E-state index contributed by atoms with van der Waals surface area (Å²) in [6.45, 7) is 0.797. The van der Waals surface area contributed by atoms with E-state index in [9.17, 15) is 4.79 Å². The molecule has 2 aliphatic carbocycles. The van der Waals surface area contributed by atoms with Gasteiger partial charge in [-0.15, -0.1) is 11.3 Å². The molecule has 1 aromatic heterocycles. The fourth-order valence-corrected chi connectivity index (χ4v) is 3.55. The standard InChI is InChI=1S/C13H17NOS/c15-13(11-7-9-6-10(9)8-11)14-4-3-12-2-1-5-16-12/h1-2,5,9-11H,3-4,6-8H2,(H,14,15). The Labute approximate surface area is 100 Å². The Bertz CT molecular complexity index is 363. The summed E-state index contributed by atoms with van der Waals surface area (Å²) < 4.78 is 0. The van der Waals surface area contributed by atoms with Crippen molar-refractivity contribution >= 4 is 17.2 Å². The largest absolute Gasteiger partial charge is 0.356 e. The number of hydrogen-bond acceptors (Lipinski definition) is 2. The highest BCUT2D eigenvalue weighted by atomic mass is 32.1. The lowest BCUT2D eigenvalue weighted by atomic mass is 10.0. The van der Waals surface area contributed by atoms with Crippen LogP contribution in [0.3, 0.4) is 0 Å². The maximum Gasteiger partial charge on any atom is 0.223 e. The van der Waals surface area contributed by atoms with Crippen LogP contribution in [0.5, 0.6) is 0 Å². The molecule has 3 heteroatoms. The summed E-state index contributed by atoms with van der Waals surface area (Å²) in [5, 5.41) is 5.16. The average molecular weight is 235 g/mol. The van der Waals surface area contributed by atoms with Crippen molar-refractivity contribution in [2.75, 3.05) is 6.54 Å². The van der Waals surface area contributed by atoms with Gasteiger partial charge in [-0.25, -0.2) is 0 Å². The molecule has 0 aliphatic heterocycles. The highest BCUT2D eigenvalue weighted by molar-refractivity contribution is 7.09. The predicted molar refractivity (Wildman–Crippen MR) is 65.4 cm³/mol. The maximum atomic E-state index is 11.8. The van der Waals surface area contributed by atoms with Crippen molar-refractivity contribution in [1.29, 1.82) is 0 Å². The quantitative estimate of drug-likeness (QED) is 0.853. The van der Waals surface area contributed by atoms with Crippen molar-refractivity contribution < 1.29 is 4.79 Å². The smallest absolute Gasteiger partial charge is 0.223 e. The van der Waals surface area contributed by atoms with Gasteiger partial charge in [0.2, 0.25) is 5.91 Å². The molecule has 2 saturated carbocycles. The molecule has 1 amide bonds. The van der Waals surface area contributed by atoms with E-state index in [1.165, 1.54) is 11.3 Å². The molecule has 3 rings (SSSR count). The third-order valence-corrected chi connectivity index (χ3v) is 4.80. The zero-order valence-electron chi connectivity index (χ0n) is 9.32. The molecular formula is C13H17NOS. The van der Waals surface area contributed by atoms with Gasteiger partial charge in [-0.3, -0.25) is 4.79 Å². The Morgan fingerprint density at radius 3 is 2.88 bits per heavy atom. The summed E-state index contributed by atoms with van der Waals surface area (Å²) in [6, 6.07) is 4.19. The third-order valence-electron chi connectivity index (χ3n) is 3.87. The molecule has 2 aliphatic rings. The van der Waals surface area contributed by atoms with Crippen LogP contribution in [-0.2, 0) is 11.2 Å². The molecule has 16 heavy (non-hydrogen) atoms. The summed E-state index contributed by atoms with van der Waals surface area (Å²) >= 11 is 1.76. The van der Waals surface area contributed by atoms with Crippen molar-refractivity contribution in [2.45, 2.75) is 25.7 Å². The van der Waals surface area contributed by atoms with Gasteiger partial charge in [0.15, 0.2) is 0 Å².